The van der Waals surface area contributed by atoms with Gasteiger partial charge < -0.3 is 9.84 Å². The number of halogens is 1. The number of hydrogen-bond acceptors (Lipinski definition) is 5. The van der Waals surface area contributed by atoms with Gasteiger partial charge in [0.2, 0.25) is 5.82 Å². The summed E-state index contributed by atoms with van der Waals surface area (Å²) in [7, 11) is 1.61. The van der Waals surface area contributed by atoms with Crippen molar-refractivity contribution in [3.63, 3.8) is 0 Å². The van der Waals surface area contributed by atoms with E-state index in [4.69, 9.17) is 9.84 Å². The van der Waals surface area contributed by atoms with Gasteiger partial charge in [-0.05, 0) is 41.1 Å². The zero-order valence-electron chi connectivity index (χ0n) is 12.7. The third kappa shape index (κ3) is 3.60. The van der Waals surface area contributed by atoms with E-state index in [1.54, 1.807) is 13.2 Å². The average Bonchev–Trinajstić information content (AvgIpc) is 3.03. The first-order chi connectivity index (χ1) is 11.5. The second-order valence-electron chi connectivity index (χ2n) is 5.03. The van der Waals surface area contributed by atoms with Crippen molar-refractivity contribution in [1.82, 2.24) is 20.2 Å². The van der Waals surface area contributed by atoms with Crippen LogP contribution in [-0.2, 0) is 6.54 Å². The van der Waals surface area contributed by atoms with Crippen LogP contribution in [0.5, 0.6) is 5.75 Å². The summed E-state index contributed by atoms with van der Waals surface area (Å²) >= 11 is 3.29. The van der Waals surface area contributed by atoms with E-state index in [0.717, 1.165) is 11.3 Å². The largest absolute Gasteiger partial charge is 0.497 e. The van der Waals surface area contributed by atoms with Crippen LogP contribution in [0, 0.1) is 0 Å². The number of ether oxygens (including phenoxy) is 1. The first-order valence-corrected chi connectivity index (χ1v) is 7.79. The average molecular weight is 389 g/mol. The molecule has 0 saturated carbocycles. The number of hydrogen-bond donors (Lipinski definition) is 1. The molecule has 24 heavy (non-hydrogen) atoms. The van der Waals surface area contributed by atoms with Crippen LogP contribution in [0.4, 0.5) is 0 Å². The predicted molar refractivity (Wildman–Crippen MR) is 90.0 cm³/mol. The second-order valence-corrected chi connectivity index (χ2v) is 5.94. The summed E-state index contributed by atoms with van der Waals surface area (Å²) in [5.74, 6) is 0.136. The molecule has 1 aromatic heterocycles. The van der Waals surface area contributed by atoms with Gasteiger partial charge in [0.05, 0.1) is 19.2 Å². The molecule has 3 aromatic rings. The van der Waals surface area contributed by atoms with E-state index >= 15 is 0 Å². The molecule has 3 rings (SSSR count). The molecule has 0 spiro atoms. The quantitative estimate of drug-likeness (QED) is 0.722. The lowest BCUT2D eigenvalue weighted by Gasteiger charge is -2.02. The van der Waals surface area contributed by atoms with Crippen molar-refractivity contribution in [2.45, 2.75) is 6.54 Å². The summed E-state index contributed by atoms with van der Waals surface area (Å²) in [4.78, 5) is 12.6. The minimum Gasteiger partial charge on any atom is -0.497 e. The van der Waals surface area contributed by atoms with Crippen LogP contribution in [0.2, 0.25) is 0 Å². The molecule has 7 nitrogen and oxygen atoms in total. The molecular formula is C16H13BrN4O3. The van der Waals surface area contributed by atoms with E-state index in [1.165, 1.54) is 16.9 Å². The SMILES string of the molecule is COc1ccc(Cn2nnc(-c3cc(Br)cc(C(=O)O)c3)n2)cc1. The number of methoxy groups -OCH3 is 1. The summed E-state index contributed by atoms with van der Waals surface area (Å²) in [5.41, 5.74) is 1.74. The molecule has 0 aliphatic heterocycles. The van der Waals surface area contributed by atoms with Gasteiger partial charge in [-0.15, -0.1) is 10.2 Å². The monoisotopic (exact) mass is 388 g/mol. The smallest absolute Gasteiger partial charge is 0.335 e. The van der Waals surface area contributed by atoms with Gasteiger partial charge in [-0.2, -0.15) is 4.80 Å². The third-order valence-corrected chi connectivity index (χ3v) is 3.80. The molecular weight excluding hydrogens is 376 g/mol. The van der Waals surface area contributed by atoms with E-state index in [-0.39, 0.29) is 5.56 Å². The topological polar surface area (TPSA) is 90.1 Å². The third-order valence-electron chi connectivity index (χ3n) is 3.34. The van der Waals surface area contributed by atoms with Crippen LogP contribution in [0.1, 0.15) is 15.9 Å². The molecule has 1 N–H and O–H groups in total. The van der Waals surface area contributed by atoms with Crippen LogP contribution in [-0.4, -0.2) is 38.4 Å². The van der Waals surface area contributed by atoms with Gasteiger partial charge in [0.15, 0.2) is 0 Å². The van der Waals surface area contributed by atoms with E-state index in [1.807, 2.05) is 24.3 Å². The van der Waals surface area contributed by atoms with Gasteiger partial charge in [-0.3, -0.25) is 0 Å². The molecule has 8 heteroatoms. The Morgan fingerprint density at radius 3 is 2.67 bits per heavy atom. The molecule has 0 radical (unpaired) electrons. The zero-order valence-corrected chi connectivity index (χ0v) is 14.3. The number of aromatic nitrogens is 4. The molecule has 0 unspecified atom stereocenters. The van der Waals surface area contributed by atoms with Crippen LogP contribution >= 0.6 is 15.9 Å². The van der Waals surface area contributed by atoms with Crippen LogP contribution in [0.15, 0.2) is 46.9 Å². The number of nitrogens with zero attached hydrogens (tertiary/aromatic N) is 4. The molecule has 2 aromatic carbocycles. The van der Waals surface area contributed by atoms with Crippen molar-refractivity contribution in [3.8, 4) is 17.1 Å². The zero-order chi connectivity index (χ0) is 17.1. The first kappa shape index (κ1) is 16.1. The Kier molecular flexibility index (Phi) is 4.57. The fourth-order valence-electron chi connectivity index (χ4n) is 2.16. The fraction of sp³-hybridized carbons (Fsp3) is 0.125. The first-order valence-electron chi connectivity index (χ1n) is 7.00. The van der Waals surface area contributed by atoms with E-state index in [2.05, 4.69) is 31.3 Å². The van der Waals surface area contributed by atoms with Gasteiger partial charge in [0, 0.05) is 10.0 Å². The van der Waals surface area contributed by atoms with E-state index in [9.17, 15) is 4.79 Å². The van der Waals surface area contributed by atoms with Crippen LogP contribution in [0.3, 0.4) is 0 Å². The van der Waals surface area contributed by atoms with Crippen LogP contribution in [0.25, 0.3) is 11.4 Å². The van der Waals surface area contributed by atoms with Crippen molar-refractivity contribution >= 4 is 21.9 Å². The Morgan fingerprint density at radius 1 is 1.25 bits per heavy atom. The highest BCUT2D eigenvalue weighted by Crippen LogP contribution is 2.22. The number of rotatable bonds is 5. The molecule has 122 valence electrons. The Bertz CT molecular complexity index is 877. The second kappa shape index (κ2) is 6.79. The number of tetrazole rings is 1. The Balaban J connectivity index is 1.83. The Hall–Kier alpha value is -2.74. The lowest BCUT2D eigenvalue weighted by molar-refractivity contribution is 0.0697. The van der Waals surface area contributed by atoms with Gasteiger partial charge in [0.25, 0.3) is 0 Å². The molecule has 0 aliphatic carbocycles. The van der Waals surface area contributed by atoms with Crippen molar-refractivity contribution < 1.29 is 14.6 Å². The fourth-order valence-corrected chi connectivity index (χ4v) is 2.66. The lowest BCUT2D eigenvalue weighted by Crippen LogP contribution is -2.04. The number of carboxylic acids is 1. The number of carboxylic acid groups (broad SMARTS) is 1. The highest BCUT2D eigenvalue weighted by atomic mass is 79.9. The lowest BCUT2D eigenvalue weighted by atomic mass is 10.1. The molecule has 0 amide bonds. The standard InChI is InChI=1S/C16H13BrN4O3/c1-24-14-4-2-10(3-5-14)9-21-19-15(18-20-21)11-6-12(16(22)23)8-13(17)7-11/h2-8H,9H2,1H3,(H,22,23). The van der Waals surface area contributed by atoms with Crippen molar-refractivity contribution in [3.05, 3.63) is 58.1 Å². The van der Waals surface area contributed by atoms with Gasteiger partial charge in [-0.25, -0.2) is 4.79 Å². The minimum atomic E-state index is -1.01. The minimum absolute atomic E-state index is 0.158. The van der Waals surface area contributed by atoms with Gasteiger partial charge >= 0.3 is 5.97 Å². The summed E-state index contributed by atoms with van der Waals surface area (Å²) in [6, 6.07) is 12.4. The predicted octanol–water partition coefficient (Wildman–Crippen LogP) is 2.86. The number of aromatic carboxylic acids is 1. The number of benzene rings is 2. The molecule has 0 fully saturated rings. The van der Waals surface area contributed by atoms with E-state index < -0.39 is 5.97 Å². The van der Waals surface area contributed by atoms with E-state index in [0.29, 0.717) is 22.4 Å². The molecule has 0 atom stereocenters. The Labute approximate surface area is 146 Å². The molecule has 0 saturated heterocycles. The normalized spacial score (nSPS) is 10.6. The maximum absolute atomic E-state index is 11.1. The van der Waals surface area contributed by atoms with Crippen molar-refractivity contribution in [2.75, 3.05) is 7.11 Å². The molecule has 0 aliphatic rings. The van der Waals surface area contributed by atoms with Crippen LogP contribution < -0.4 is 4.74 Å². The Morgan fingerprint density at radius 2 is 2.00 bits per heavy atom. The highest BCUT2D eigenvalue weighted by Gasteiger charge is 2.11. The summed E-state index contributed by atoms with van der Waals surface area (Å²) in [5, 5.41) is 21.5. The highest BCUT2D eigenvalue weighted by molar-refractivity contribution is 9.10. The summed E-state index contributed by atoms with van der Waals surface area (Å²) in [6.07, 6.45) is 0. The van der Waals surface area contributed by atoms with Gasteiger partial charge in [-0.1, -0.05) is 28.1 Å². The maximum atomic E-state index is 11.1. The maximum Gasteiger partial charge on any atom is 0.335 e. The summed E-state index contributed by atoms with van der Waals surface area (Å²) in [6.45, 7) is 0.455. The van der Waals surface area contributed by atoms with Crippen molar-refractivity contribution in [1.29, 1.82) is 0 Å². The number of carbonyl (C=O) groups is 1. The van der Waals surface area contributed by atoms with Crippen molar-refractivity contribution in [2.24, 2.45) is 0 Å². The molecule has 1 heterocycles. The molecule has 0 bridgehead atoms. The summed E-state index contributed by atoms with van der Waals surface area (Å²) < 4.78 is 5.76. The van der Waals surface area contributed by atoms with Gasteiger partial charge in [0.1, 0.15) is 5.75 Å².